The molecule has 0 aromatic heterocycles. The molecule has 2 nitrogen and oxygen atoms in total. The topological polar surface area (TPSA) is 6.48 Å². The largest absolute Gasteiger partial charge is 0.310 e. The van der Waals surface area contributed by atoms with E-state index in [1.807, 2.05) is 0 Å². The average Bonchev–Trinajstić information content (AvgIpc) is 3.71. The molecule has 0 spiro atoms. The van der Waals surface area contributed by atoms with E-state index in [1.54, 1.807) is 0 Å². The highest BCUT2D eigenvalue weighted by atomic mass is 15.1. The molecule has 0 saturated heterocycles. The number of nitrogens with zero attached hydrogens (tertiary/aromatic N) is 2. The molecule has 0 unspecified atom stereocenters. The summed E-state index contributed by atoms with van der Waals surface area (Å²) < 4.78 is 0. The van der Waals surface area contributed by atoms with Crippen LogP contribution in [0.2, 0.25) is 0 Å². The monoisotopic (exact) mass is 876 g/mol. The van der Waals surface area contributed by atoms with Crippen LogP contribution in [0.1, 0.15) is 22.3 Å². The molecule has 1 aliphatic carbocycles. The molecule has 322 valence electrons. The van der Waals surface area contributed by atoms with Gasteiger partial charge in [-0.15, -0.1) is 0 Å². The number of hydrogen-bond acceptors (Lipinski definition) is 2. The Balaban J connectivity index is 1.07. The summed E-state index contributed by atoms with van der Waals surface area (Å²) in [6.07, 6.45) is 0. The number of fused-ring (bicyclic) bond motifs is 4. The summed E-state index contributed by atoms with van der Waals surface area (Å²) in [5.74, 6) is 0. The molecule has 0 fully saturated rings. The highest BCUT2D eigenvalue weighted by Gasteiger charge is 2.46. The minimum atomic E-state index is -0.675. The summed E-state index contributed by atoms with van der Waals surface area (Å²) >= 11 is 0. The van der Waals surface area contributed by atoms with Gasteiger partial charge in [0.05, 0.1) is 5.41 Å². The lowest BCUT2D eigenvalue weighted by molar-refractivity contribution is 0.771. The number of hydrogen-bond donors (Lipinski definition) is 0. The lowest BCUT2D eigenvalue weighted by Crippen LogP contribution is -2.29. The molecule has 0 amide bonds. The van der Waals surface area contributed by atoms with Gasteiger partial charge in [-0.25, -0.2) is 0 Å². The molecule has 0 radical (unpaired) electrons. The molecule has 2 heteroatoms. The molecule has 0 N–H and O–H groups in total. The first-order chi connectivity index (χ1) is 34.2. The van der Waals surface area contributed by atoms with E-state index in [0.29, 0.717) is 0 Å². The molecule has 69 heavy (non-hydrogen) atoms. The minimum Gasteiger partial charge on any atom is -0.310 e. The Bertz CT molecular complexity index is 3730. The molecule has 0 saturated carbocycles. The van der Waals surface area contributed by atoms with Crippen molar-refractivity contribution >= 4 is 98.8 Å². The SMILES string of the molecule is c1ccc(C2(c3ccccc3)c3cc(N(c4ccc5ccccc5c4)c4ccc5ccccc5c4)cc4ccc5cc(N(c6ccc7ccccc7c6)c6ccc7ccccc7c6)cc2c5c34)cc1. The molecule has 1 aliphatic rings. The van der Waals surface area contributed by atoms with Crippen molar-refractivity contribution in [3.63, 3.8) is 0 Å². The lowest BCUT2D eigenvalue weighted by atomic mass is 9.67. The van der Waals surface area contributed by atoms with Crippen LogP contribution in [0.4, 0.5) is 34.1 Å². The van der Waals surface area contributed by atoms with Crippen LogP contribution in [0.25, 0.3) is 64.6 Å². The van der Waals surface area contributed by atoms with Crippen molar-refractivity contribution < 1.29 is 0 Å². The van der Waals surface area contributed by atoms with Crippen LogP contribution in [-0.4, -0.2) is 0 Å². The van der Waals surface area contributed by atoms with Crippen LogP contribution in [0.3, 0.4) is 0 Å². The van der Waals surface area contributed by atoms with Crippen molar-refractivity contribution in [1.29, 1.82) is 0 Å². The second-order valence-corrected chi connectivity index (χ2v) is 18.5. The molecule has 0 heterocycles. The first kappa shape index (κ1) is 39.2. The maximum absolute atomic E-state index is 2.51. The molecule has 0 aliphatic heterocycles. The highest BCUT2D eigenvalue weighted by Crippen LogP contribution is 2.59. The van der Waals surface area contributed by atoms with Gasteiger partial charge in [-0.1, -0.05) is 194 Å². The maximum atomic E-state index is 2.51. The van der Waals surface area contributed by atoms with Gasteiger partial charge in [-0.3, -0.25) is 0 Å². The second kappa shape index (κ2) is 15.6. The van der Waals surface area contributed by atoms with Gasteiger partial charge in [0, 0.05) is 34.1 Å². The summed E-state index contributed by atoms with van der Waals surface area (Å²) in [5, 5.41) is 14.7. The van der Waals surface area contributed by atoms with Crippen molar-refractivity contribution in [2.24, 2.45) is 0 Å². The van der Waals surface area contributed by atoms with E-state index >= 15 is 0 Å². The Hall–Kier alpha value is -8.98. The highest BCUT2D eigenvalue weighted by molar-refractivity contribution is 6.18. The fourth-order valence-electron chi connectivity index (χ4n) is 11.6. The molecule has 0 bridgehead atoms. The molecule has 13 aromatic carbocycles. The van der Waals surface area contributed by atoms with Gasteiger partial charge in [0.2, 0.25) is 0 Å². The second-order valence-electron chi connectivity index (χ2n) is 18.5. The van der Waals surface area contributed by atoms with Crippen LogP contribution < -0.4 is 9.80 Å². The molecule has 13 aromatic rings. The maximum Gasteiger partial charge on any atom is 0.0715 e. The first-order valence-corrected chi connectivity index (χ1v) is 23.9. The predicted octanol–water partition coefficient (Wildman–Crippen LogP) is 18.2. The zero-order valence-electron chi connectivity index (χ0n) is 37.8. The number of anilines is 6. The fraction of sp³-hybridized carbons (Fsp3) is 0.0149. The van der Waals surface area contributed by atoms with Gasteiger partial charge in [0.25, 0.3) is 0 Å². The third kappa shape index (κ3) is 6.19. The van der Waals surface area contributed by atoms with Gasteiger partial charge in [0.1, 0.15) is 0 Å². The molecule has 14 rings (SSSR count). The Morgan fingerprint density at radius 3 is 0.783 bits per heavy atom. The van der Waals surface area contributed by atoms with Crippen molar-refractivity contribution in [3.05, 3.63) is 289 Å². The summed E-state index contributed by atoms with van der Waals surface area (Å²) in [6, 6.07) is 99.2. The van der Waals surface area contributed by atoms with Crippen LogP contribution in [0.15, 0.2) is 267 Å². The van der Waals surface area contributed by atoms with E-state index in [-0.39, 0.29) is 0 Å². The quantitative estimate of drug-likeness (QED) is 0.140. The van der Waals surface area contributed by atoms with Crippen molar-refractivity contribution in [1.82, 2.24) is 0 Å². The normalized spacial score (nSPS) is 12.8. The smallest absolute Gasteiger partial charge is 0.0715 e. The van der Waals surface area contributed by atoms with E-state index in [1.165, 1.54) is 86.9 Å². The lowest BCUT2D eigenvalue weighted by Gasteiger charge is -2.36. The van der Waals surface area contributed by atoms with Gasteiger partial charge in [-0.05, 0) is 160 Å². The third-order valence-electron chi connectivity index (χ3n) is 14.7. The van der Waals surface area contributed by atoms with Gasteiger partial charge in [0.15, 0.2) is 0 Å². The predicted molar refractivity (Wildman–Crippen MR) is 293 cm³/mol. The van der Waals surface area contributed by atoms with Crippen molar-refractivity contribution in [2.45, 2.75) is 5.41 Å². The van der Waals surface area contributed by atoms with Crippen LogP contribution in [0.5, 0.6) is 0 Å². The Morgan fingerprint density at radius 1 is 0.203 bits per heavy atom. The van der Waals surface area contributed by atoms with Gasteiger partial charge in [-0.2, -0.15) is 0 Å². The van der Waals surface area contributed by atoms with Crippen LogP contribution in [-0.2, 0) is 5.41 Å². The number of rotatable bonds is 8. The molecule has 0 atom stereocenters. The zero-order valence-corrected chi connectivity index (χ0v) is 37.8. The Labute approximate surface area is 401 Å². The Morgan fingerprint density at radius 2 is 0.464 bits per heavy atom. The summed E-state index contributed by atoms with van der Waals surface area (Å²) in [6.45, 7) is 0. The first-order valence-electron chi connectivity index (χ1n) is 23.9. The van der Waals surface area contributed by atoms with Crippen molar-refractivity contribution in [2.75, 3.05) is 9.80 Å². The zero-order chi connectivity index (χ0) is 45.5. The standard InChI is InChI=1S/C67H44N2/c1-3-23-55(24-4-1)67(56-25-5-2-6-26-56)63-43-61(68(57-33-29-45-15-7-11-19-49(45)37-57)58-34-30-46-16-8-12-20-50(46)38-58)41-53-27-28-54-42-62(44-64(67)66(54)65(53)63)69(59-35-31-47-17-9-13-21-51(47)39-59)60-36-32-48-18-10-14-22-52(48)40-60/h1-44H. The van der Waals surface area contributed by atoms with E-state index in [4.69, 9.17) is 0 Å². The third-order valence-corrected chi connectivity index (χ3v) is 14.7. The van der Waals surface area contributed by atoms with Gasteiger partial charge >= 0.3 is 0 Å². The average molecular weight is 877 g/mol. The number of benzene rings is 13. The van der Waals surface area contributed by atoms with Crippen molar-refractivity contribution in [3.8, 4) is 0 Å². The summed E-state index contributed by atoms with van der Waals surface area (Å²) in [5.41, 5.74) is 11.0. The fourth-order valence-corrected chi connectivity index (χ4v) is 11.6. The van der Waals surface area contributed by atoms with E-state index < -0.39 is 5.41 Å². The molecular weight excluding hydrogens is 833 g/mol. The van der Waals surface area contributed by atoms with Gasteiger partial charge < -0.3 is 9.80 Å². The van der Waals surface area contributed by atoms with Crippen LogP contribution >= 0.6 is 0 Å². The summed E-state index contributed by atoms with van der Waals surface area (Å²) in [7, 11) is 0. The minimum absolute atomic E-state index is 0.675. The summed E-state index contributed by atoms with van der Waals surface area (Å²) in [4.78, 5) is 4.94. The van der Waals surface area contributed by atoms with Crippen LogP contribution in [0, 0.1) is 0 Å². The van der Waals surface area contributed by atoms with E-state index in [9.17, 15) is 0 Å². The van der Waals surface area contributed by atoms with E-state index in [2.05, 4.69) is 277 Å². The van der Waals surface area contributed by atoms with E-state index in [0.717, 1.165) is 34.1 Å². The molecular formula is C67H44N2. The Kier molecular flexibility index (Phi) is 8.84.